The van der Waals surface area contributed by atoms with Crippen LogP contribution in [-0.2, 0) is 4.74 Å². The molecule has 114 valence electrons. The van der Waals surface area contributed by atoms with Crippen LogP contribution in [0.4, 0.5) is 10.7 Å². The number of nitrogens with one attached hydrogen (secondary N) is 1. The lowest BCUT2D eigenvalue weighted by Gasteiger charge is -2.32. The highest BCUT2D eigenvalue weighted by Gasteiger charge is 2.27. The molecule has 2 rings (SSSR count). The van der Waals surface area contributed by atoms with Gasteiger partial charge in [0.05, 0.1) is 11.8 Å². The van der Waals surface area contributed by atoms with Crippen LogP contribution >= 0.6 is 11.3 Å². The molecule has 0 aromatic carbocycles. The topological polar surface area (TPSA) is 91.4 Å². The van der Waals surface area contributed by atoms with Crippen LogP contribution < -0.4 is 16.0 Å². The summed E-state index contributed by atoms with van der Waals surface area (Å²) in [7, 11) is 1.72. The number of hydrogen-bond acceptors (Lipinski definition) is 6. The maximum Gasteiger partial charge on any atom is 0.263 e. The number of piperidine rings is 1. The van der Waals surface area contributed by atoms with Crippen LogP contribution in [0.5, 0.6) is 0 Å². The van der Waals surface area contributed by atoms with Crippen molar-refractivity contribution in [1.82, 2.24) is 5.32 Å². The number of anilines is 2. The third kappa shape index (κ3) is 3.12. The fourth-order valence-corrected chi connectivity index (χ4v) is 3.61. The number of hydrogen-bond donors (Lipinski definition) is 2. The van der Waals surface area contributed by atoms with Crippen molar-refractivity contribution in [1.29, 1.82) is 5.26 Å². The Kier molecular flexibility index (Phi) is 5.04. The van der Waals surface area contributed by atoms with E-state index in [0.717, 1.165) is 30.9 Å². The summed E-state index contributed by atoms with van der Waals surface area (Å²) in [6, 6.07) is 2.14. The van der Waals surface area contributed by atoms with Gasteiger partial charge in [-0.05, 0) is 19.8 Å². The number of methoxy groups -OCH3 is 1. The molecule has 0 unspecified atom stereocenters. The molecule has 0 bridgehead atoms. The van der Waals surface area contributed by atoms with Crippen molar-refractivity contribution >= 4 is 27.9 Å². The van der Waals surface area contributed by atoms with E-state index in [9.17, 15) is 10.1 Å². The summed E-state index contributed by atoms with van der Waals surface area (Å²) < 4.78 is 5.35. The van der Waals surface area contributed by atoms with E-state index in [1.54, 1.807) is 7.11 Å². The third-order valence-corrected chi connectivity index (χ3v) is 4.91. The Hall–Kier alpha value is -1.78. The predicted molar refractivity (Wildman–Crippen MR) is 83.7 cm³/mol. The van der Waals surface area contributed by atoms with Crippen molar-refractivity contribution in [3.8, 4) is 6.07 Å². The first-order valence-corrected chi connectivity index (χ1v) is 7.82. The minimum Gasteiger partial charge on any atom is -0.396 e. The van der Waals surface area contributed by atoms with Gasteiger partial charge in [-0.25, -0.2) is 0 Å². The molecule has 3 N–H and O–H groups in total. The Morgan fingerprint density at radius 1 is 1.57 bits per heavy atom. The second-order valence-electron chi connectivity index (χ2n) is 4.92. The minimum atomic E-state index is -0.213. The molecule has 1 fully saturated rings. The molecule has 0 spiro atoms. The molecule has 1 aromatic heterocycles. The van der Waals surface area contributed by atoms with E-state index in [1.165, 1.54) is 11.3 Å². The predicted octanol–water partition coefficient (Wildman–Crippen LogP) is 1.57. The van der Waals surface area contributed by atoms with Crippen LogP contribution in [0, 0.1) is 11.3 Å². The molecule has 7 heteroatoms. The van der Waals surface area contributed by atoms with Crippen LogP contribution in [0.25, 0.3) is 0 Å². The van der Waals surface area contributed by atoms with Crippen molar-refractivity contribution in [3.05, 3.63) is 10.4 Å². The number of amides is 1. The third-order valence-electron chi connectivity index (χ3n) is 3.64. The average molecular weight is 308 g/mol. The smallest absolute Gasteiger partial charge is 0.263 e. The van der Waals surface area contributed by atoms with Gasteiger partial charge in [-0.3, -0.25) is 4.79 Å². The van der Waals surface area contributed by atoms with Gasteiger partial charge < -0.3 is 20.7 Å². The van der Waals surface area contributed by atoms with E-state index in [4.69, 9.17) is 10.5 Å². The Labute approximate surface area is 128 Å². The molecular formula is C14H20N4O2S. The van der Waals surface area contributed by atoms with Crippen molar-refractivity contribution < 1.29 is 9.53 Å². The van der Waals surface area contributed by atoms with Crippen molar-refractivity contribution in [2.24, 2.45) is 0 Å². The molecule has 6 nitrogen and oxygen atoms in total. The van der Waals surface area contributed by atoms with Gasteiger partial charge >= 0.3 is 0 Å². The van der Waals surface area contributed by atoms with Crippen molar-refractivity contribution in [2.75, 3.05) is 37.4 Å². The molecule has 1 amide bonds. The zero-order valence-electron chi connectivity index (χ0n) is 12.3. The van der Waals surface area contributed by atoms with E-state index in [2.05, 4.69) is 16.3 Å². The molecule has 0 aliphatic carbocycles. The number of nitrogens with two attached hydrogens (primary N) is 1. The number of thiophene rings is 1. The van der Waals surface area contributed by atoms with Crippen LogP contribution in [0.2, 0.25) is 0 Å². The SMILES string of the molecule is CCNC(=O)c1sc(N2CCC(OC)CC2)c(C#N)c1N. The Morgan fingerprint density at radius 2 is 2.24 bits per heavy atom. The monoisotopic (exact) mass is 308 g/mol. The zero-order chi connectivity index (χ0) is 15.4. The second kappa shape index (κ2) is 6.78. The standard InChI is InChI=1S/C14H20N4O2S/c1-3-17-13(19)12-11(16)10(8-15)14(21-12)18-6-4-9(20-2)5-7-18/h9H,3-7,16H2,1-2H3,(H,17,19). The van der Waals surface area contributed by atoms with Gasteiger partial charge in [-0.2, -0.15) is 5.26 Å². The first-order chi connectivity index (χ1) is 10.1. The largest absolute Gasteiger partial charge is 0.396 e. The Morgan fingerprint density at radius 3 is 2.76 bits per heavy atom. The van der Waals surface area contributed by atoms with Crippen molar-refractivity contribution in [3.63, 3.8) is 0 Å². The number of ether oxygens (including phenoxy) is 1. The second-order valence-corrected chi connectivity index (χ2v) is 5.92. The van der Waals surface area contributed by atoms with Gasteiger partial charge in [0.25, 0.3) is 5.91 Å². The lowest BCUT2D eigenvalue weighted by Crippen LogP contribution is -2.36. The van der Waals surface area contributed by atoms with Crippen LogP contribution in [-0.4, -0.2) is 38.8 Å². The van der Waals surface area contributed by atoms with Crippen LogP contribution in [0.15, 0.2) is 0 Å². The number of carbonyl (C=O) groups is 1. The van der Waals surface area contributed by atoms with Gasteiger partial charge in [0.2, 0.25) is 0 Å². The number of rotatable bonds is 4. The van der Waals surface area contributed by atoms with E-state index < -0.39 is 0 Å². The van der Waals surface area contributed by atoms with E-state index >= 15 is 0 Å². The lowest BCUT2D eigenvalue weighted by molar-refractivity contribution is 0.0820. The Bertz CT molecular complexity index is 556. The molecule has 1 aliphatic heterocycles. The van der Waals surface area contributed by atoms with Crippen LogP contribution in [0.1, 0.15) is 35.0 Å². The first-order valence-electron chi connectivity index (χ1n) is 7.00. The Balaban J connectivity index is 2.26. The summed E-state index contributed by atoms with van der Waals surface area (Å²) in [5.41, 5.74) is 6.68. The summed E-state index contributed by atoms with van der Waals surface area (Å²) in [6.07, 6.45) is 2.10. The maximum absolute atomic E-state index is 12.0. The van der Waals surface area contributed by atoms with E-state index in [0.29, 0.717) is 17.0 Å². The number of nitrogens with zero attached hydrogens (tertiary/aromatic N) is 2. The average Bonchev–Trinajstić information content (AvgIpc) is 2.84. The summed E-state index contributed by atoms with van der Waals surface area (Å²) in [4.78, 5) is 14.6. The molecule has 0 atom stereocenters. The molecule has 1 aliphatic rings. The summed E-state index contributed by atoms with van der Waals surface area (Å²) in [6.45, 7) is 4.00. The zero-order valence-corrected chi connectivity index (χ0v) is 13.1. The van der Waals surface area contributed by atoms with Gasteiger partial charge in [0.15, 0.2) is 0 Å². The summed E-state index contributed by atoms with van der Waals surface area (Å²) in [5.74, 6) is -0.213. The number of carbonyl (C=O) groups excluding carboxylic acids is 1. The molecule has 21 heavy (non-hydrogen) atoms. The fraction of sp³-hybridized carbons (Fsp3) is 0.571. The summed E-state index contributed by atoms with van der Waals surface area (Å²) >= 11 is 1.30. The molecule has 2 heterocycles. The fourth-order valence-electron chi connectivity index (χ4n) is 2.47. The molecule has 1 saturated heterocycles. The van der Waals surface area contributed by atoms with Gasteiger partial charge in [-0.1, -0.05) is 0 Å². The van der Waals surface area contributed by atoms with E-state index in [-0.39, 0.29) is 17.7 Å². The summed E-state index contributed by atoms with van der Waals surface area (Å²) in [5, 5.41) is 12.9. The minimum absolute atomic E-state index is 0.213. The quantitative estimate of drug-likeness (QED) is 0.881. The van der Waals surface area contributed by atoms with Gasteiger partial charge in [-0.15, -0.1) is 11.3 Å². The normalized spacial score (nSPS) is 15.8. The molecule has 1 aromatic rings. The molecule has 0 saturated carbocycles. The van der Waals surface area contributed by atoms with Gasteiger partial charge in [0, 0.05) is 26.7 Å². The number of nitriles is 1. The highest BCUT2D eigenvalue weighted by molar-refractivity contribution is 7.19. The van der Waals surface area contributed by atoms with Crippen molar-refractivity contribution in [2.45, 2.75) is 25.9 Å². The molecule has 0 radical (unpaired) electrons. The van der Waals surface area contributed by atoms with Gasteiger partial charge in [0.1, 0.15) is 21.5 Å². The number of nitrogen functional groups attached to an aromatic ring is 1. The highest BCUT2D eigenvalue weighted by Crippen LogP contribution is 2.39. The first kappa shape index (κ1) is 15.6. The highest BCUT2D eigenvalue weighted by atomic mass is 32.1. The maximum atomic E-state index is 12.0. The molecular weight excluding hydrogens is 288 g/mol. The lowest BCUT2D eigenvalue weighted by atomic mass is 10.1. The van der Waals surface area contributed by atoms with Crippen LogP contribution in [0.3, 0.4) is 0 Å². The van der Waals surface area contributed by atoms with E-state index in [1.807, 2.05) is 6.92 Å².